The molecule has 4 aromatic rings. The molecule has 0 saturated carbocycles. The first-order chi connectivity index (χ1) is 14.2. The zero-order chi connectivity index (χ0) is 20.1. The Morgan fingerprint density at radius 1 is 1.00 bits per heavy atom. The van der Waals surface area contributed by atoms with Gasteiger partial charge in [-0.25, -0.2) is 9.97 Å². The van der Waals surface area contributed by atoms with Gasteiger partial charge in [-0.15, -0.1) is 11.3 Å². The second-order valence-electron chi connectivity index (χ2n) is 6.48. The number of aromatic nitrogens is 3. The average molecular weight is 398 g/mol. The van der Waals surface area contributed by atoms with Crippen LogP contribution in [0.25, 0.3) is 22.4 Å². The minimum Gasteiger partial charge on any atom is -0.462 e. The highest BCUT2D eigenvalue weighted by Gasteiger charge is 2.08. The second-order valence-corrected chi connectivity index (χ2v) is 7.42. The predicted molar refractivity (Wildman–Crippen MR) is 114 cm³/mol. The van der Waals surface area contributed by atoms with E-state index >= 15 is 0 Å². The lowest BCUT2D eigenvalue weighted by Crippen LogP contribution is -1.95. The first-order valence-corrected chi connectivity index (χ1v) is 10.0. The van der Waals surface area contributed by atoms with Gasteiger partial charge in [0, 0.05) is 41.0 Å². The summed E-state index contributed by atoms with van der Waals surface area (Å²) in [7, 11) is 0. The highest BCUT2D eigenvalue weighted by atomic mass is 32.1. The summed E-state index contributed by atoms with van der Waals surface area (Å²) in [6, 6.07) is 20.0. The summed E-state index contributed by atoms with van der Waals surface area (Å²) in [6.07, 6.45) is 2.43. The third kappa shape index (κ3) is 4.65. The van der Waals surface area contributed by atoms with Crippen LogP contribution in [0.1, 0.15) is 16.4 Å². The number of ether oxygens (including phenoxy) is 1. The Bertz CT molecular complexity index is 1160. The molecule has 3 heterocycles. The highest BCUT2D eigenvalue weighted by molar-refractivity contribution is 7.10. The van der Waals surface area contributed by atoms with E-state index in [1.165, 1.54) is 0 Å². The van der Waals surface area contributed by atoms with Crippen molar-refractivity contribution < 1.29 is 4.74 Å². The first-order valence-electron chi connectivity index (χ1n) is 9.15. The van der Waals surface area contributed by atoms with Crippen LogP contribution in [-0.2, 0) is 6.42 Å². The van der Waals surface area contributed by atoms with E-state index in [9.17, 15) is 0 Å². The quantitative estimate of drug-likeness (QED) is 0.453. The normalized spacial score (nSPS) is 10.5. The minimum atomic E-state index is -0.0143. The SMILES string of the molecule is Cc1cccc(Cc2nc(-c3ccc(-c4ccnc(OCC#N)c4)cc3)cs2)n1. The maximum Gasteiger partial charge on any atom is 0.214 e. The van der Waals surface area contributed by atoms with Crippen molar-refractivity contribution in [2.75, 3.05) is 6.61 Å². The van der Waals surface area contributed by atoms with Crippen LogP contribution in [0.5, 0.6) is 5.88 Å². The molecule has 5 nitrogen and oxygen atoms in total. The molecule has 0 unspecified atom stereocenters. The third-order valence-corrected chi connectivity index (χ3v) is 5.21. The topological polar surface area (TPSA) is 71.7 Å². The number of rotatable bonds is 6. The van der Waals surface area contributed by atoms with E-state index in [1.807, 2.05) is 43.3 Å². The monoisotopic (exact) mass is 398 g/mol. The fourth-order valence-corrected chi connectivity index (χ4v) is 3.80. The fourth-order valence-electron chi connectivity index (χ4n) is 2.99. The third-order valence-electron chi connectivity index (χ3n) is 4.36. The van der Waals surface area contributed by atoms with Gasteiger partial charge in [0.05, 0.1) is 10.7 Å². The molecule has 29 heavy (non-hydrogen) atoms. The second kappa shape index (κ2) is 8.63. The highest BCUT2D eigenvalue weighted by Crippen LogP contribution is 2.27. The van der Waals surface area contributed by atoms with Crippen LogP contribution >= 0.6 is 11.3 Å². The number of nitriles is 1. The standard InChI is InChI=1S/C23H18N4OS/c1-16-3-2-4-20(26-16)14-23-27-21(15-29-23)18-7-5-17(6-8-18)19-9-11-25-22(13-19)28-12-10-24/h2-9,11,13,15H,12,14H2,1H3. The first kappa shape index (κ1) is 18.8. The Morgan fingerprint density at radius 2 is 1.83 bits per heavy atom. The summed E-state index contributed by atoms with van der Waals surface area (Å²) in [5.41, 5.74) is 6.14. The van der Waals surface area contributed by atoms with Crippen LogP contribution in [-0.4, -0.2) is 21.6 Å². The molecule has 0 bridgehead atoms. The predicted octanol–water partition coefficient (Wildman–Crippen LogP) is 5.07. The summed E-state index contributed by atoms with van der Waals surface area (Å²) in [4.78, 5) is 13.5. The number of pyridine rings is 2. The zero-order valence-corrected chi connectivity index (χ0v) is 16.7. The molecule has 3 aromatic heterocycles. The molecule has 1 aromatic carbocycles. The minimum absolute atomic E-state index is 0.0143. The van der Waals surface area contributed by atoms with Crippen LogP contribution in [0.15, 0.2) is 66.2 Å². The summed E-state index contributed by atoms with van der Waals surface area (Å²) in [5.74, 6) is 0.446. The molecule has 0 amide bonds. The summed E-state index contributed by atoms with van der Waals surface area (Å²) >= 11 is 1.65. The van der Waals surface area contributed by atoms with Crippen molar-refractivity contribution >= 4 is 11.3 Å². The number of aryl methyl sites for hydroxylation is 1. The van der Waals surface area contributed by atoms with E-state index in [0.29, 0.717) is 5.88 Å². The van der Waals surface area contributed by atoms with Crippen molar-refractivity contribution in [3.05, 3.63) is 82.6 Å². The lowest BCUT2D eigenvalue weighted by Gasteiger charge is -2.05. The maximum atomic E-state index is 8.64. The van der Waals surface area contributed by atoms with Crippen LogP contribution < -0.4 is 4.74 Å². The molecular weight excluding hydrogens is 380 g/mol. The van der Waals surface area contributed by atoms with E-state index in [0.717, 1.165) is 45.2 Å². The smallest absolute Gasteiger partial charge is 0.214 e. The molecule has 142 valence electrons. The molecule has 0 aliphatic heterocycles. The van der Waals surface area contributed by atoms with Gasteiger partial charge in [0.2, 0.25) is 5.88 Å². The Labute approximate surface area is 173 Å². The molecule has 0 N–H and O–H groups in total. The van der Waals surface area contributed by atoms with Crippen molar-refractivity contribution in [1.29, 1.82) is 5.26 Å². The maximum absolute atomic E-state index is 8.64. The Kier molecular flexibility index (Phi) is 5.59. The summed E-state index contributed by atoms with van der Waals surface area (Å²) in [5, 5.41) is 11.8. The number of hydrogen-bond acceptors (Lipinski definition) is 6. The molecule has 0 fully saturated rings. The van der Waals surface area contributed by atoms with Gasteiger partial charge < -0.3 is 4.74 Å². The molecule has 0 aliphatic rings. The number of thiazole rings is 1. The zero-order valence-electron chi connectivity index (χ0n) is 15.9. The van der Waals surface area contributed by atoms with Gasteiger partial charge in [-0.3, -0.25) is 4.98 Å². The van der Waals surface area contributed by atoms with Crippen molar-refractivity contribution in [1.82, 2.24) is 15.0 Å². The summed E-state index contributed by atoms with van der Waals surface area (Å²) < 4.78 is 5.28. The van der Waals surface area contributed by atoms with Gasteiger partial charge in [0.25, 0.3) is 0 Å². The van der Waals surface area contributed by atoms with Crippen LogP contribution in [0.2, 0.25) is 0 Å². The Morgan fingerprint density at radius 3 is 2.62 bits per heavy atom. The Balaban J connectivity index is 1.50. The van der Waals surface area contributed by atoms with E-state index in [-0.39, 0.29) is 6.61 Å². The molecule has 0 radical (unpaired) electrons. The largest absolute Gasteiger partial charge is 0.462 e. The molecule has 0 saturated heterocycles. The van der Waals surface area contributed by atoms with Crippen LogP contribution in [0.3, 0.4) is 0 Å². The van der Waals surface area contributed by atoms with Gasteiger partial charge in [0.15, 0.2) is 6.61 Å². The van der Waals surface area contributed by atoms with Crippen LogP contribution in [0.4, 0.5) is 0 Å². The molecule has 4 rings (SSSR count). The van der Waals surface area contributed by atoms with Gasteiger partial charge in [-0.1, -0.05) is 30.3 Å². The fraction of sp³-hybridized carbons (Fsp3) is 0.130. The van der Waals surface area contributed by atoms with E-state index in [1.54, 1.807) is 17.5 Å². The van der Waals surface area contributed by atoms with Crippen molar-refractivity contribution in [2.45, 2.75) is 13.3 Å². The number of hydrogen-bond donors (Lipinski definition) is 0. The van der Waals surface area contributed by atoms with Crippen molar-refractivity contribution in [2.24, 2.45) is 0 Å². The van der Waals surface area contributed by atoms with E-state index < -0.39 is 0 Å². The lowest BCUT2D eigenvalue weighted by molar-refractivity contribution is 0.353. The molecule has 0 spiro atoms. The van der Waals surface area contributed by atoms with E-state index in [4.69, 9.17) is 15.0 Å². The van der Waals surface area contributed by atoms with E-state index in [2.05, 4.69) is 39.6 Å². The molecular formula is C23H18N4OS. The average Bonchev–Trinajstić information content (AvgIpc) is 3.21. The molecule has 0 aliphatic carbocycles. The van der Waals surface area contributed by atoms with Gasteiger partial charge in [0.1, 0.15) is 6.07 Å². The van der Waals surface area contributed by atoms with Crippen LogP contribution in [0, 0.1) is 18.3 Å². The van der Waals surface area contributed by atoms with Gasteiger partial charge >= 0.3 is 0 Å². The number of nitrogens with zero attached hydrogens (tertiary/aromatic N) is 4. The lowest BCUT2D eigenvalue weighted by atomic mass is 10.0. The number of benzene rings is 1. The summed E-state index contributed by atoms with van der Waals surface area (Å²) in [6.45, 7) is 1.99. The molecule has 0 atom stereocenters. The van der Waals surface area contributed by atoms with Gasteiger partial charge in [-0.05, 0) is 36.2 Å². The molecule has 6 heteroatoms. The van der Waals surface area contributed by atoms with Crippen molar-refractivity contribution in [3.8, 4) is 34.3 Å². The van der Waals surface area contributed by atoms with Gasteiger partial charge in [-0.2, -0.15) is 5.26 Å². The Hall–Kier alpha value is -3.56. The van der Waals surface area contributed by atoms with Crippen molar-refractivity contribution in [3.63, 3.8) is 0 Å².